The molecule has 0 saturated carbocycles. The lowest BCUT2D eigenvalue weighted by molar-refractivity contribution is 0.0908. The van der Waals surface area contributed by atoms with Crippen LogP contribution in [0.2, 0.25) is 20.1 Å². The maximum Gasteiger partial charge on any atom is 0.272 e. The van der Waals surface area contributed by atoms with Crippen molar-refractivity contribution in [3.63, 3.8) is 0 Å². The molecule has 1 aromatic heterocycles. The molecule has 6 nitrogen and oxygen atoms in total. The van der Waals surface area contributed by atoms with Crippen molar-refractivity contribution in [3.05, 3.63) is 85.3 Å². The molecule has 30 heavy (non-hydrogen) atoms. The third kappa shape index (κ3) is 5.26. The first-order valence-corrected chi connectivity index (χ1v) is 10.2. The third-order valence-electron chi connectivity index (χ3n) is 4.28. The number of halogens is 4. The fraction of sp³-hybridized carbons (Fsp3) is 0.150. The molecule has 156 valence electrons. The predicted octanol–water partition coefficient (Wildman–Crippen LogP) is 4.89. The van der Waals surface area contributed by atoms with Crippen molar-refractivity contribution in [2.45, 2.75) is 13.1 Å². The van der Waals surface area contributed by atoms with E-state index in [2.05, 4.69) is 15.6 Å². The number of nitrogens with one attached hydrogen (secondary N) is 2. The summed E-state index contributed by atoms with van der Waals surface area (Å²) in [6.45, 7) is 0.328. The monoisotopic (exact) mass is 484 g/mol. The van der Waals surface area contributed by atoms with E-state index in [1.807, 2.05) is 0 Å². The molecule has 0 unspecified atom stereocenters. The Morgan fingerprint density at radius 2 is 1.37 bits per heavy atom. The Morgan fingerprint density at radius 1 is 0.867 bits per heavy atom. The number of carbonyl (C=O) groups excluding carboxylic acids is 2. The lowest BCUT2D eigenvalue weighted by Crippen LogP contribution is -2.30. The summed E-state index contributed by atoms with van der Waals surface area (Å²) in [5.74, 6) is -0.966. The van der Waals surface area contributed by atoms with Gasteiger partial charge >= 0.3 is 0 Å². The van der Waals surface area contributed by atoms with Crippen molar-refractivity contribution in [1.82, 2.24) is 20.2 Å². The van der Waals surface area contributed by atoms with Crippen LogP contribution in [0.1, 0.15) is 32.1 Å². The summed E-state index contributed by atoms with van der Waals surface area (Å²) >= 11 is 24.0. The van der Waals surface area contributed by atoms with Crippen molar-refractivity contribution in [1.29, 1.82) is 0 Å². The normalized spacial score (nSPS) is 10.7. The van der Waals surface area contributed by atoms with E-state index in [0.29, 0.717) is 31.2 Å². The highest BCUT2D eigenvalue weighted by Gasteiger charge is 2.22. The van der Waals surface area contributed by atoms with Gasteiger partial charge in [-0.15, -0.1) is 0 Å². The summed E-state index contributed by atoms with van der Waals surface area (Å²) in [7, 11) is 1.63. The number of carbonyl (C=O) groups is 2. The summed E-state index contributed by atoms with van der Waals surface area (Å²) in [5, 5.41) is 7.33. The number of hydrogen-bond donors (Lipinski definition) is 2. The summed E-state index contributed by atoms with van der Waals surface area (Å²) in [6.07, 6.45) is 1.40. The van der Waals surface area contributed by atoms with Gasteiger partial charge in [-0.05, 0) is 35.4 Å². The second-order valence-corrected chi connectivity index (χ2v) is 8.08. The van der Waals surface area contributed by atoms with Crippen LogP contribution in [0.3, 0.4) is 0 Å². The smallest absolute Gasteiger partial charge is 0.272 e. The van der Waals surface area contributed by atoms with Crippen LogP contribution in [0.25, 0.3) is 0 Å². The molecule has 0 aliphatic heterocycles. The predicted molar refractivity (Wildman–Crippen MR) is 118 cm³/mol. The topological polar surface area (TPSA) is 76.0 Å². The molecule has 10 heteroatoms. The first-order valence-electron chi connectivity index (χ1n) is 8.72. The summed E-state index contributed by atoms with van der Waals surface area (Å²) in [6, 6.07) is 9.97. The van der Waals surface area contributed by atoms with Crippen molar-refractivity contribution in [2.75, 3.05) is 0 Å². The highest BCUT2D eigenvalue weighted by atomic mass is 35.5. The van der Waals surface area contributed by atoms with Gasteiger partial charge in [0.25, 0.3) is 11.8 Å². The molecule has 2 amide bonds. The van der Waals surface area contributed by atoms with Crippen LogP contribution < -0.4 is 10.6 Å². The van der Waals surface area contributed by atoms with Gasteiger partial charge in [-0.3, -0.25) is 9.59 Å². The van der Waals surface area contributed by atoms with Crippen molar-refractivity contribution < 1.29 is 9.59 Å². The quantitative estimate of drug-likeness (QED) is 0.521. The Kier molecular flexibility index (Phi) is 7.26. The molecule has 1 heterocycles. The molecule has 0 bridgehead atoms. The molecule has 2 aromatic carbocycles. The highest BCUT2D eigenvalue weighted by Crippen LogP contribution is 2.22. The number of aryl methyl sites for hydroxylation is 1. The summed E-state index contributed by atoms with van der Waals surface area (Å²) in [5.41, 5.74) is 1.51. The van der Waals surface area contributed by atoms with Crippen molar-refractivity contribution in [3.8, 4) is 0 Å². The van der Waals surface area contributed by atoms with Crippen molar-refractivity contribution >= 4 is 58.2 Å². The minimum Gasteiger partial charge on any atom is -0.347 e. The van der Waals surface area contributed by atoms with Gasteiger partial charge in [-0.25, -0.2) is 4.98 Å². The Balaban J connectivity index is 1.70. The van der Waals surface area contributed by atoms with Gasteiger partial charge in [0.2, 0.25) is 0 Å². The largest absolute Gasteiger partial charge is 0.347 e. The van der Waals surface area contributed by atoms with Crippen LogP contribution in [0.4, 0.5) is 0 Å². The minimum atomic E-state index is -0.503. The zero-order chi connectivity index (χ0) is 21.8. The van der Waals surface area contributed by atoms with Crippen LogP contribution in [0.5, 0.6) is 0 Å². The molecule has 0 saturated heterocycles. The van der Waals surface area contributed by atoms with Crippen molar-refractivity contribution in [2.24, 2.45) is 7.05 Å². The fourth-order valence-corrected chi connectivity index (χ4v) is 3.66. The lowest BCUT2D eigenvalue weighted by Gasteiger charge is -2.10. The number of amides is 2. The SMILES string of the molecule is Cn1cnc(C(=O)NCc2ccc(Cl)cc2Cl)c1C(=O)NCc1ccc(Cl)cc1Cl. The van der Waals surface area contributed by atoms with Gasteiger partial charge in [0, 0.05) is 40.2 Å². The average Bonchev–Trinajstić information content (AvgIpc) is 3.08. The molecule has 0 aliphatic rings. The summed E-state index contributed by atoms with van der Waals surface area (Å²) < 4.78 is 1.48. The average molecular weight is 486 g/mol. The first-order chi connectivity index (χ1) is 14.3. The molecular formula is C20H16Cl4N4O2. The molecule has 0 radical (unpaired) electrons. The molecule has 2 N–H and O–H groups in total. The van der Waals surface area contributed by atoms with E-state index in [9.17, 15) is 9.59 Å². The Bertz CT molecular complexity index is 1110. The molecule has 0 fully saturated rings. The van der Waals surface area contributed by atoms with E-state index in [0.717, 1.165) is 0 Å². The van der Waals surface area contributed by atoms with E-state index in [1.54, 1.807) is 43.4 Å². The molecule has 3 aromatic rings. The molecule has 0 spiro atoms. The van der Waals surface area contributed by atoms with Crippen LogP contribution in [-0.4, -0.2) is 21.4 Å². The molecule has 3 rings (SSSR count). The van der Waals surface area contributed by atoms with Gasteiger partial charge in [0.1, 0.15) is 5.69 Å². The standard InChI is InChI=1S/C20H16Cl4N4O2/c1-28-10-27-17(19(29)25-8-11-2-4-13(21)6-15(11)23)18(28)20(30)26-9-12-3-5-14(22)7-16(12)24/h2-7,10H,8-9H2,1H3,(H,25,29)(H,26,30). The second-order valence-electron chi connectivity index (χ2n) is 6.39. The Hall–Kier alpha value is -2.25. The maximum atomic E-state index is 12.7. The third-order valence-corrected chi connectivity index (χ3v) is 5.45. The fourth-order valence-electron chi connectivity index (χ4n) is 2.71. The van der Waals surface area contributed by atoms with Crippen LogP contribution >= 0.6 is 46.4 Å². The van der Waals surface area contributed by atoms with E-state index >= 15 is 0 Å². The first kappa shape index (κ1) is 22.4. The highest BCUT2D eigenvalue weighted by molar-refractivity contribution is 6.35. The number of hydrogen-bond acceptors (Lipinski definition) is 3. The van der Waals surface area contributed by atoms with E-state index in [-0.39, 0.29) is 24.5 Å². The van der Waals surface area contributed by atoms with Crippen LogP contribution in [-0.2, 0) is 20.1 Å². The zero-order valence-corrected chi connectivity index (χ0v) is 18.7. The molecular weight excluding hydrogens is 470 g/mol. The zero-order valence-electron chi connectivity index (χ0n) is 15.7. The molecule has 0 aliphatic carbocycles. The number of benzene rings is 2. The van der Waals surface area contributed by atoms with E-state index in [4.69, 9.17) is 46.4 Å². The van der Waals surface area contributed by atoms with Crippen LogP contribution in [0, 0.1) is 0 Å². The van der Waals surface area contributed by atoms with E-state index in [1.165, 1.54) is 10.9 Å². The van der Waals surface area contributed by atoms with Gasteiger partial charge < -0.3 is 15.2 Å². The van der Waals surface area contributed by atoms with Gasteiger partial charge in [-0.2, -0.15) is 0 Å². The number of rotatable bonds is 6. The van der Waals surface area contributed by atoms with Gasteiger partial charge in [-0.1, -0.05) is 58.5 Å². The number of nitrogens with zero attached hydrogens (tertiary/aromatic N) is 2. The Morgan fingerprint density at radius 3 is 1.87 bits per heavy atom. The number of aromatic nitrogens is 2. The maximum absolute atomic E-state index is 12.7. The van der Waals surface area contributed by atoms with E-state index < -0.39 is 11.8 Å². The lowest BCUT2D eigenvalue weighted by atomic mass is 10.2. The Labute approximate surface area is 193 Å². The van der Waals surface area contributed by atoms with Gasteiger partial charge in [0.05, 0.1) is 6.33 Å². The van der Waals surface area contributed by atoms with Crippen LogP contribution in [0.15, 0.2) is 42.7 Å². The summed E-state index contributed by atoms with van der Waals surface area (Å²) in [4.78, 5) is 29.4. The van der Waals surface area contributed by atoms with Gasteiger partial charge in [0.15, 0.2) is 5.69 Å². The minimum absolute atomic E-state index is 0.00212. The second kappa shape index (κ2) is 9.71. The number of imidazole rings is 1. The molecule has 0 atom stereocenters.